The highest BCUT2D eigenvalue weighted by Crippen LogP contribution is 2.29. The van der Waals surface area contributed by atoms with Crippen molar-refractivity contribution in [2.24, 2.45) is 4.99 Å². The Bertz CT molecular complexity index is 1770. The Kier molecular flexibility index (Phi) is 8.14. The Hall–Kier alpha value is -4.54. The number of carbonyl (C=O) groups is 2. The van der Waals surface area contributed by atoms with E-state index in [-0.39, 0.29) is 23.0 Å². The SMILES string of the molecule is Cc1ccc(S(=O)(=O)NC(=O)Cc2ccc(N=C3NC(=O)/C(=C\c4ccc(-c5ccc(F)cc5)cc4)S3)cc2)cc1. The molecule has 1 aliphatic heterocycles. The zero-order valence-electron chi connectivity index (χ0n) is 21.8. The number of nitrogens with one attached hydrogen (secondary N) is 2. The minimum atomic E-state index is -3.95. The molecule has 0 atom stereocenters. The van der Waals surface area contributed by atoms with Crippen LogP contribution in [-0.2, 0) is 26.0 Å². The van der Waals surface area contributed by atoms with Gasteiger partial charge in [0.05, 0.1) is 21.9 Å². The van der Waals surface area contributed by atoms with Crippen molar-refractivity contribution in [3.05, 3.63) is 124 Å². The maximum absolute atomic E-state index is 13.2. The minimum absolute atomic E-state index is 0.0224. The fraction of sp³-hybridized carbons (Fsp3) is 0.0645. The van der Waals surface area contributed by atoms with Crippen molar-refractivity contribution in [1.82, 2.24) is 10.0 Å². The van der Waals surface area contributed by atoms with Gasteiger partial charge >= 0.3 is 0 Å². The number of amidine groups is 1. The van der Waals surface area contributed by atoms with Crippen LogP contribution in [0.25, 0.3) is 17.2 Å². The number of aryl methyl sites for hydroxylation is 1. The molecule has 7 nitrogen and oxygen atoms in total. The first-order valence-corrected chi connectivity index (χ1v) is 14.8. The van der Waals surface area contributed by atoms with Gasteiger partial charge in [-0.2, -0.15) is 0 Å². The highest BCUT2D eigenvalue weighted by Gasteiger charge is 2.24. The summed E-state index contributed by atoms with van der Waals surface area (Å²) in [6.07, 6.45) is 1.64. The van der Waals surface area contributed by atoms with E-state index >= 15 is 0 Å². The lowest BCUT2D eigenvalue weighted by molar-refractivity contribution is -0.118. The van der Waals surface area contributed by atoms with Crippen LogP contribution in [0.3, 0.4) is 0 Å². The number of thioether (sulfide) groups is 1. The first-order chi connectivity index (χ1) is 19.6. The number of hydrogen-bond acceptors (Lipinski definition) is 6. The monoisotopic (exact) mass is 585 g/mol. The lowest BCUT2D eigenvalue weighted by Gasteiger charge is -2.07. The maximum atomic E-state index is 13.2. The molecular formula is C31H24FN3O4S2. The summed E-state index contributed by atoms with van der Waals surface area (Å²) in [6, 6.07) is 26.8. The fourth-order valence-electron chi connectivity index (χ4n) is 4.00. The van der Waals surface area contributed by atoms with E-state index in [2.05, 4.69) is 15.0 Å². The zero-order valence-corrected chi connectivity index (χ0v) is 23.4. The van der Waals surface area contributed by atoms with Crippen LogP contribution in [0.1, 0.15) is 16.7 Å². The van der Waals surface area contributed by atoms with E-state index in [1.54, 1.807) is 54.6 Å². The molecule has 0 spiro atoms. The van der Waals surface area contributed by atoms with Crippen LogP contribution in [0.15, 0.2) is 112 Å². The van der Waals surface area contributed by atoms with Gasteiger partial charge in [-0.25, -0.2) is 22.5 Å². The molecule has 0 aliphatic carbocycles. The van der Waals surface area contributed by atoms with Crippen molar-refractivity contribution in [2.45, 2.75) is 18.2 Å². The van der Waals surface area contributed by atoms with Crippen LogP contribution in [0, 0.1) is 12.7 Å². The summed E-state index contributed by atoms with van der Waals surface area (Å²) in [5.41, 5.74) is 4.75. The van der Waals surface area contributed by atoms with Crippen LogP contribution < -0.4 is 10.0 Å². The van der Waals surface area contributed by atoms with Crippen molar-refractivity contribution in [2.75, 3.05) is 0 Å². The summed E-state index contributed by atoms with van der Waals surface area (Å²) in [4.78, 5) is 29.8. The Labute approximate surface area is 241 Å². The summed E-state index contributed by atoms with van der Waals surface area (Å²) >= 11 is 1.21. The largest absolute Gasteiger partial charge is 0.300 e. The van der Waals surface area contributed by atoms with E-state index in [0.29, 0.717) is 21.3 Å². The van der Waals surface area contributed by atoms with E-state index in [1.165, 1.54) is 36.0 Å². The van der Waals surface area contributed by atoms with E-state index in [1.807, 2.05) is 31.2 Å². The van der Waals surface area contributed by atoms with Crippen LogP contribution in [-0.4, -0.2) is 25.4 Å². The molecule has 0 radical (unpaired) electrons. The van der Waals surface area contributed by atoms with Gasteiger partial charge in [0.25, 0.3) is 15.9 Å². The molecule has 4 aromatic rings. The molecule has 1 heterocycles. The lowest BCUT2D eigenvalue weighted by Crippen LogP contribution is -2.31. The third kappa shape index (κ3) is 7.16. The molecule has 4 aromatic carbocycles. The quantitative estimate of drug-likeness (QED) is 0.269. The van der Waals surface area contributed by atoms with Gasteiger partial charge in [0, 0.05) is 0 Å². The van der Waals surface area contributed by atoms with Gasteiger partial charge in [-0.15, -0.1) is 0 Å². The summed E-state index contributed by atoms with van der Waals surface area (Å²) in [5.74, 6) is -1.20. The first-order valence-electron chi connectivity index (χ1n) is 12.5. The van der Waals surface area contributed by atoms with Gasteiger partial charge in [-0.3, -0.25) is 9.59 Å². The van der Waals surface area contributed by atoms with Gasteiger partial charge in [0.1, 0.15) is 5.82 Å². The van der Waals surface area contributed by atoms with E-state index in [9.17, 15) is 22.4 Å². The topological polar surface area (TPSA) is 105 Å². The van der Waals surface area contributed by atoms with Crippen molar-refractivity contribution < 1.29 is 22.4 Å². The van der Waals surface area contributed by atoms with Gasteiger partial charge < -0.3 is 5.32 Å². The normalized spacial score (nSPS) is 15.2. The summed E-state index contributed by atoms with van der Waals surface area (Å²) < 4.78 is 40.2. The second kappa shape index (κ2) is 11.9. The van der Waals surface area contributed by atoms with Crippen molar-refractivity contribution in [1.29, 1.82) is 0 Å². The highest BCUT2D eigenvalue weighted by molar-refractivity contribution is 8.18. The van der Waals surface area contributed by atoms with E-state index < -0.39 is 15.9 Å². The van der Waals surface area contributed by atoms with Crippen LogP contribution in [0.2, 0.25) is 0 Å². The number of aliphatic imine (C=N–C) groups is 1. The first kappa shape index (κ1) is 28.0. The number of hydrogen-bond donors (Lipinski definition) is 2. The number of sulfonamides is 1. The Morgan fingerprint density at radius 1 is 0.902 bits per heavy atom. The molecule has 0 unspecified atom stereocenters. The number of amides is 2. The van der Waals surface area contributed by atoms with Gasteiger partial charge in [0.15, 0.2) is 5.17 Å². The van der Waals surface area contributed by atoms with Crippen LogP contribution >= 0.6 is 11.8 Å². The van der Waals surface area contributed by atoms with Crippen molar-refractivity contribution >= 4 is 50.5 Å². The van der Waals surface area contributed by atoms with E-state index in [0.717, 1.165) is 22.3 Å². The molecule has 2 amide bonds. The molecule has 5 rings (SSSR count). The van der Waals surface area contributed by atoms with E-state index in [4.69, 9.17) is 0 Å². The van der Waals surface area contributed by atoms with Crippen molar-refractivity contribution in [3.8, 4) is 11.1 Å². The number of halogens is 1. The molecule has 41 heavy (non-hydrogen) atoms. The molecule has 2 N–H and O–H groups in total. The summed E-state index contributed by atoms with van der Waals surface area (Å²) in [5, 5.41) is 3.16. The third-order valence-corrected chi connectivity index (χ3v) is 8.45. The second-order valence-corrected chi connectivity index (χ2v) is 12.0. The van der Waals surface area contributed by atoms with Crippen LogP contribution in [0.4, 0.5) is 10.1 Å². The maximum Gasteiger partial charge on any atom is 0.264 e. The van der Waals surface area contributed by atoms with Gasteiger partial charge in [-0.05, 0) is 83.4 Å². The van der Waals surface area contributed by atoms with Gasteiger partial charge in [0.2, 0.25) is 5.91 Å². The molecule has 1 aliphatic rings. The van der Waals surface area contributed by atoms with Gasteiger partial charge in [-0.1, -0.05) is 66.2 Å². The average Bonchev–Trinajstić information content (AvgIpc) is 3.28. The lowest BCUT2D eigenvalue weighted by atomic mass is 10.0. The number of benzene rings is 4. The molecular weight excluding hydrogens is 561 g/mol. The third-order valence-electron chi connectivity index (χ3n) is 6.15. The molecule has 0 saturated carbocycles. The average molecular weight is 586 g/mol. The Balaban J connectivity index is 1.20. The van der Waals surface area contributed by atoms with Crippen molar-refractivity contribution in [3.63, 3.8) is 0 Å². The number of rotatable bonds is 7. The predicted octanol–water partition coefficient (Wildman–Crippen LogP) is 5.74. The molecule has 1 saturated heterocycles. The molecule has 10 heteroatoms. The zero-order chi connectivity index (χ0) is 29.0. The molecule has 0 bridgehead atoms. The summed E-state index contributed by atoms with van der Waals surface area (Å²) in [7, 11) is -3.95. The highest BCUT2D eigenvalue weighted by atomic mass is 32.2. The Morgan fingerprint density at radius 3 is 2.15 bits per heavy atom. The number of carbonyl (C=O) groups excluding carboxylic acids is 2. The second-order valence-electron chi connectivity index (χ2n) is 9.30. The minimum Gasteiger partial charge on any atom is -0.300 e. The number of nitrogens with zero attached hydrogens (tertiary/aromatic N) is 1. The standard InChI is InChI=1S/C31H24FN3O4S2/c1-20-2-16-27(17-3-20)41(38,39)35-29(36)19-22-6-14-26(15-7-22)33-31-34-30(37)28(40-31)18-21-4-8-23(9-5-21)24-10-12-25(32)13-11-24/h2-18H,19H2,1H3,(H,35,36)(H,33,34,37)/b28-18+. The summed E-state index contributed by atoms with van der Waals surface area (Å²) in [6.45, 7) is 1.84. The molecule has 206 valence electrons. The predicted molar refractivity (Wildman–Crippen MR) is 159 cm³/mol. The molecule has 0 aromatic heterocycles. The smallest absolute Gasteiger partial charge is 0.264 e. The fourth-order valence-corrected chi connectivity index (χ4v) is 5.83. The Morgan fingerprint density at radius 2 is 1.51 bits per heavy atom. The van der Waals surface area contributed by atoms with Crippen LogP contribution in [0.5, 0.6) is 0 Å². The molecule has 1 fully saturated rings.